The molecule has 0 fully saturated rings. The third-order valence-electron chi connectivity index (χ3n) is 5.23. The fourth-order valence-electron chi connectivity index (χ4n) is 3.25. The van der Waals surface area contributed by atoms with E-state index >= 15 is 0 Å². The van der Waals surface area contributed by atoms with Crippen LogP contribution < -0.4 is 5.32 Å². The summed E-state index contributed by atoms with van der Waals surface area (Å²) in [6.45, 7) is 8.59. The second-order valence-corrected chi connectivity index (χ2v) is 10.0. The summed E-state index contributed by atoms with van der Waals surface area (Å²) in [5.41, 5.74) is 4.96. The van der Waals surface area contributed by atoms with Crippen LogP contribution >= 0.6 is 11.8 Å². The summed E-state index contributed by atoms with van der Waals surface area (Å²) in [7, 11) is 0. The minimum atomic E-state index is -0.0490. The first kappa shape index (κ1) is 22.8. The lowest BCUT2D eigenvalue weighted by Gasteiger charge is -2.18. The van der Waals surface area contributed by atoms with E-state index in [0.717, 1.165) is 21.7 Å². The van der Waals surface area contributed by atoms with E-state index in [1.54, 1.807) is 0 Å². The third-order valence-corrected chi connectivity index (χ3v) is 6.24. The summed E-state index contributed by atoms with van der Waals surface area (Å²) in [6, 6.07) is 23.7. The van der Waals surface area contributed by atoms with Crippen LogP contribution in [-0.2, 0) is 10.2 Å². The highest BCUT2D eigenvalue weighted by Crippen LogP contribution is 2.28. The molecule has 0 saturated heterocycles. The number of nitrogens with zero attached hydrogens (tertiary/aromatic N) is 2. The van der Waals surface area contributed by atoms with Crippen molar-refractivity contribution in [2.75, 3.05) is 11.1 Å². The van der Waals surface area contributed by atoms with Gasteiger partial charge in [0.2, 0.25) is 17.7 Å². The first-order chi connectivity index (χ1) is 15.8. The fourth-order valence-corrected chi connectivity index (χ4v) is 3.94. The molecule has 0 bridgehead atoms. The van der Waals surface area contributed by atoms with Gasteiger partial charge in [0.1, 0.15) is 0 Å². The van der Waals surface area contributed by atoms with Gasteiger partial charge >= 0.3 is 0 Å². The Labute approximate surface area is 198 Å². The monoisotopic (exact) mass is 457 g/mol. The number of aryl methyl sites for hydroxylation is 1. The van der Waals surface area contributed by atoms with E-state index in [4.69, 9.17) is 4.42 Å². The van der Waals surface area contributed by atoms with E-state index in [1.165, 1.54) is 22.9 Å². The molecule has 1 aromatic heterocycles. The number of anilines is 1. The first-order valence-corrected chi connectivity index (χ1v) is 11.8. The second-order valence-electron chi connectivity index (χ2n) is 8.97. The van der Waals surface area contributed by atoms with Gasteiger partial charge in [-0.2, -0.15) is 0 Å². The fraction of sp³-hybridized carbons (Fsp3) is 0.222. The second kappa shape index (κ2) is 9.63. The Hall–Kier alpha value is -3.38. The number of rotatable bonds is 6. The molecule has 3 aromatic carbocycles. The topological polar surface area (TPSA) is 68.0 Å². The van der Waals surface area contributed by atoms with Crippen LogP contribution in [0.4, 0.5) is 5.69 Å². The van der Waals surface area contributed by atoms with Crippen molar-refractivity contribution < 1.29 is 9.21 Å². The van der Waals surface area contributed by atoms with Crippen molar-refractivity contribution in [1.82, 2.24) is 10.2 Å². The molecule has 0 unspecified atom stereocenters. The van der Waals surface area contributed by atoms with Gasteiger partial charge in [0.05, 0.1) is 5.75 Å². The summed E-state index contributed by atoms with van der Waals surface area (Å²) in [4.78, 5) is 13.4. The molecule has 1 amide bonds. The smallest absolute Gasteiger partial charge is 0.248 e. The molecule has 0 aliphatic carbocycles. The highest BCUT2D eigenvalue weighted by Gasteiger charge is 2.15. The van der Waals surface area contributed by atoms with Crippen molar-refractivity contribution >= 4 is 23.4 Å². The molecule has 4 rings (SSSR count). The normalized spacial score (nSPS) is 11.4. The van der Waals surface area contributed by atoms with Crippen molar-refractivity contribution in [1.29, 1.82) is 0 Å². The quantitative estimate of drug-likeness (QED) is 0.325. The van der Waals surface area contributed by atoms with Gasteiger partial charge in [-0.1, -0.05) is 50.6 Å². The molecular weight excluding hydrogens is 430 g/mol. The summed E-state index contributed by atoms with van der Waals surface area (Å²) in [5.74, 6) is 1.23. The summed E-state index contributed by atoms with van der Waals surface area (Å²) in [5, 5.41) is 11.3. The molecule has 5 nitrogen and oxygen atoms in total. The zero-order chi connectivity index (χ0) is 23.4. The van der Waals surface area contributed by atoms with Gasteiger partial charge in [-0.3, -0.25) is 4.79 Å². The summed E-state index contributed by atoms with van der Waals surface area (Å²) in [6.07, 6.45) is 0. The van der Waals surface area contributed by atoms with Gasteiger partial charge in [0.25, 0.3) is 0 Å². The average Bonchev–Trinajstić information content (AvgIpc) is 3.29. The lowest BCUT2D eigenvalue weighted by atomic mass is 9.87. The van der Waals surface area contributed by atoms with Gasteiger partial charge in [0.15, 0.2) is 0 Å². The minimum absolute atomic E-state index is 0.0490. The molecule has 0 saturated carbocycles. The van der Waals surface area contributed by atoms with Gasteiger partial charge in [-0.25, -0.2) is 0 Å². The Bertz CT molecular complexity index is 1220. The molecule has 0 atom stereocenters. The Morgan fingerprint density at radius 2 is 1.39 bits per heavy atom. The number of hydrogen-bond donors (Lipinski definition) is 1. The van der Waals surface area contributed by atoms with Crippen LogP contribution in [0.1, 0.15) is 31.9 Å². The van der Waals surface area contributed by atoms with E-state index < -0.39 is 0 Å². The molecule has 1 heterocycles. The van der Waals surface area contributed by atoms with Gasteiger partial charge in [0, 0.05) is 21.7 Å². The highest BCUT2D eigenvalue weighted by atomic mass is 32.2. The molecule has 4 aromatic rings. The lowest BCUT2D eigenvalue weighted by Crippen LogP contribution is -2.13. The van der Waals surface area contributed by atoms with Crippen LogP contribution in [0.5, 0.6) is 0 Å². The molecule has 0 radical (unpaired) electrons. The largest absolute Gasteiger partial charge is 0.416 e. The SMILES string of the molecule is Cc1ccc(SCC(=O)Nc2ccc(-c3nnc(-c4ccc(C(C)(C)C)cc4)o3)cc2)cc1. The van der Waals surface area contributed by atoms with Crippen LogP contribution in [0.25, 0.3) is 22.9 Å². The van der Waals surface area contributed by atoms with Crippen LogP contribution in [0.3, 0.4) is 0 Å². The molecule has 168 valence electrons. The maximum Gasteiger partial charge on any atom is 0.248 e. The van der Waals surface area contributed by atoms with Gasteiger partial charge in [-0.05, 0) is 66.4 Å². The number of nitrogens with one attached hydrogen (secondary N) is 1. The maximum atomic E-state index is 12.3. The number of carbonyl (C=O) groups is 1. The molecule has 33 heavy (non-hydrogen) atoms. The lowest BCUT2D eigenvalue weighted by molar-refractivity contribution is -0.113. The van der Waals surface area contributed by atoms with Crippen molar-refractivity contribution in [3.05, 3.63) is 83.9 Å². The molecule has 1 N–H and O–H groups in total. The highest BCUT2D eigenvalue weighted by molar-refractivity contribution is 8.00. The van der Waals surface area contributed by atoms with Crippen LogP contribution in [0.2, 0.25) is 0 Å². The minimum Gasteiger partial charge on any atom is -0.416 e. The van der Waals surface area contributed by atoms with Crippen LogP contribution in [0.15, 0.2) is 82.1 Å². The van der Waals surface area contributed by atoms with E-state index in [9.17, 15) is 4.79 Å². The average molecular weight is 458 g/mol. The molecule has 0 aliphatic heterocycles. The summed E-state index contributed by atoms with van der Waals surface area (Å²) >= 11 is 1.51. The molecule has 6 heteroatoms. The zero-order valence-electron chi connectivity index (χ0n) is 19.3. The van der Waals surface area contributed by atoms with Crippen molar-refractivity contribution in [2.45, 2.75) is 38.0 Å². The molecule has 0 spiro atoms. The summed E-state index contributed by atoms with van der Waals surface area (Å²) < 4.78 is 5.89. The van der Waals surface area contributed by atoms with Crippen molar-refractivity contribution in [3.8, 4) is 22.9 Å². The van der Waals surface area contributed by atoms with Crippen LogP contribution in [-0.4, -0.2) is 21.9 Å². The number of benzene rings is 3. The van der Waals surface area contributed by atoms with Gasteiger partial charge in [-0.15, -0.1) is 22.0 Å². The molecule has 0 aliphatic rings. The van der Waals surface area contributed by atoms with E-state index in [1.807, 2.05) is 67.6 Å². The number of thioether (sulfide) groups is 1. The standard InChI is InChI=1S/C27H27N3O2S/c1-18-5-15-23(16-6-18)33-17-24(31)28-22-13-9-20(10-14-22)26-30-29-25(32-26)19-7-11-21(12-8-19)27(2,3)4/h5-16H,17H2,1-4H3,(H,28,31). The Morgan fingerprint density at radius 3 is 1.94 bits per heavy atom. The number of amides is 1. The number of carbonyl (C=O) groups excluding carboxylic acids is 1. The molecular formula is C27H27N3O2S. The third kappa shape index (κ3) is 5.90. The van der Waals surface area contributed by atoms with Crippen LogP contribution in [0, 0.1) is 6.92 Å². The van der Waals surface area contributed by atoms with Crippen molar-refractivity contribution in [2.24, 2.45) is 0 Å². The van der Waals surface area contributed by atoms with E-state index in [-0.39, 0.29) is 11.3 Å². The Morgan fingerprint density at radius 1 is 0.848 bits per heavy atom. The number of aromatic nitrogens is 2. The predicted octanol–water partition coefficient (Wildman–Crippen LogP) is 6.74. The van der Waals surface area contributed by atoms with Crippen molar-refractivity contribution in [3.63, 3.8) is 0 Å². The number of hydrogen-bond acceptors (Lipinski definition) is 5. The predicted molar refractivity (Wildman–Crippen MR) is 134 cm³/mol. The Kier molecular flexibility index (Phi) is 6.65. The van der Waals surface area contributed by atoms with E-state index in [0.29, 0.717) is 17.5 Å². The first-order valence-electron chi connectivity index (χ1n) is 10.8. The van der Waals surface area contributed by atoms with Gasteiger partial charge < -0.3 is 9.73 Å². The zero-order valence-corrected chi connectivity index (χ0v) is 20.1. The Balaban J connectivity index is 1.37. The maximum absolute atomic E-state index is 12.3. The van der Waals surface area contributed by atoms with E-state index in [2.05, 4.69) is 48.4 Å².